The van der Waals surface area contributed by atoms with Crippen LogP contribution < -0.4 is 10.0 Å². The lowest BCUT2D eigenvalue weighted by Crippen LogP contribution is -2.25. The van der Waals surface area contributed by atoms with Crippen LogP contribution in [0, 0.1) is 0 Å². The average Bonchev–Trinajstić information content (AvgIpc) is 2.94. The van der Waals surface area contributed by atoms with Gasteiger partial charge in [-0.1, -0.05) is 13.3 Å². The van der Waals surface area contributed by atoms with Crippen LogP contribution in [0.5, 0.6) is 0 Å². The standard InChI is InChI=1S/C13H26N4O3S/c1-3-4-9-20-10-5-6-16-21(18,19)13-11-15-17(12-13)8-7-14-2/h11-12,14,16H,3-10H2,1-2H3. The first-order valence-electron chi connectivity index (χ1n) is 7.34. The molecule has 0 saturated heterocycles. The summed E-state index contributed by atoms with van der Waals surface area (Å²) in [6.45, 7) is 5.16. The maximum absolute atomic E-state index is 12.0. The molecule has 21 heavy (non-hydrogen) atoms. The Kier molecular flexibility index (Phi) is 8.51. The van der Waals surface area contributed by atoms with Crippen molar-refractivity contribution in [1.29, 1.82) is 0 Å². The average molecular weight is 318 g/mol. The second-order valence-corrected chi connectivity index (χ2v) is 6.53. The lowest BCUT2D eigenvalue weighted by molar-refractivity contribution is 0.130. The van der Waals surface area contributed by atoms with Crippen molar-refractivity contribution in [3.63, 3.8) is 0 Å². The molecule has 8 heteroatoms. The number of hydrogen-bond acceptors (Lipinski definition) is 5. The van der Waals surface area contributed by atoms with E-state index < -0.39 is 10.0 Å². The fourth-order valence-electron chi connectivity index (χ4n) is 1.64. The SMILES string of the molecule is CCCCOCCCNS(=O)(=O)c1cnn(CCNC)c1. The number of nitrogens with zero attached hydrogens (tertiary/aromatic N) is 2. The van der Waals surface area contributed by atoms with E-state index in [2.05, 4.69) is 22.1 Å². The first kappa shape index (κ1) is 18.1. The van der Waals surface area contributed by atoms with Crippen LogP contribution in [0.4, 0.5) is 0 Å². The zero-order chi connectivity index (χ0) is 15.6. The summed E-state index contributed by atoms with van der Waals surface area (Å²) in [5.74, 6) is 0. The van der Waals surface area contributed by atoms with Crippen molar-refractivity contribution >= 4 is 10.0 Å². The van der Waals surface area contributed by atoms with Gasteiger partial charge in [0.15, 0.2) is 0 Å². The fraction of sp³-hybridized carbons (Fsp3) is 0.769. The highest BCUT2D eigenvalue weighted by molar-refractivity contribution is 7.89. The molecular formula is C13H26N4O3S. The summed E-state index contributed by atoms with van der Waals surface area (Å²) < 4.78 is 33.6. The van der Waals surface area contributed by atoms with Crippen LogP contribution in [0.2, 0.25) is 0 Å². The number of unbranched alkanes of at least 4 members (excludes halogenated alkanes) is 1. The Morgan fingerprint density at radius 1 is 1.29 bits per heavy atom. The summed E-state index contributed by atoms with van der Waals surface area (Å²) in [6.07, 6.45) is 5.71. The van der Waals surface area contributed by atoms with Crippen molar-refractivity contribution in [1.82, 2.24) is 19.8 Å². The number of likely N-dealkylation sites (N-methyl/N-ethyl adjacent to an activating group) is 1. The molecule has 0 aromatic carbocycles. The first-order chi connectivity index (χ1) is 10.1. The zero-order valence-corrected chi connectivity index (χ0v) is 13.7. The molecule has 0 aliphatic heterocycles. The lowest BCUT2D eigenvalue weighted by atomic mass is 10.4. The normalized spacial score (nSPS) is 11.9. The third kappa shape index (κ3) is 7.03. The van der Waals surface area contributed by atoms with E-state index in [9.17, 15) is 8.42 Å². The molecule has 0 unspecified atom stereocenters. The van der Waals surface area contributed by atoms with Crippen molar-refractivity contribution in [2.24, 2.45) is 0 Å². The Morgan fingerprint density at radius 3 is 2.76 bits per heavy atom. The van der Waals surface area contributed by atoms with Crippen molar-refractivity contribution < 1.29 is 13.2 Å². The van der Waals surface area contributed by atoms with Gasteiger partial charge in [0.2, 0.25) is 10.0 Å². The van der Waals surface area contributed by atoms with Gasteiger partial charge >= 0.3 is 0 Å². The largest absolute Gasteiger partial charge is 0.381 e. The molecule has 2 N–H and O–H groups in total. The minimum absolute atomic E-state index is 0.200. The van der Waals surface area contributed by atoms with Gasteiger partial charge in [0.1, 0.15) is 4.90 Å². The molecule has 0 spiro atoms. The highest BCUT2D eigenvalue weighted by Crippen LogP contribution is 2.06. The molecule has 0 atom stereocenters. The molecule has 0 bridgehead atoms. The van der Waals surface area contributed by atoms with Crippen molar-refractivity contribution in [3.05, 3.63) is 12.4 Å². The molecule has 1 aromatic heterocycles. The molecule has 7 nitrogen and oxygen atoms in total. The Balaban J connectivity index is 2.31. The summed E-state index contributed by atoms with van der Waals surface area (Å²) in [5.41, 5.74) is 0. The highest BCUT2D eigenvalue weighted by Gasteiger charge is 2.15. The Bertz CT molecular complexity index is 487. The van der Waals surface area contributed by atoms with Crippen LogP contribution in [-0.4, -0.2) is 51.5 Å². The van der Waals surface area contributed by atoms with Gasteiger partial charge in [0, 0.05) is 32.5 Å². The molecule has 0 radical (unpaired) electrons. The van der Waals surface area contributed by atoms with Crippen LogP contribution in [0.3, 0.4) is 0 Å². The molecule has 1 aromatic rings. The fourth-order valence-corrected chi connectivity index (χ4v) is 2.67. The molecular weight excluding hydrogens is 292 g/mol. The predicted octanol–water partition coefficient (Wildman–Crippen LogP) is 0.588. The Morgan fingerprint density at radius 2 is 2.05 bits per heavy atom. The van der Waals surface area contributed by atoms with Gasteiger partial charge in [-0.3, -0.25) is 4.68 Å². The number of nitrogens with one attached hydrogen (secondary N) is 2. The summed E-state index contributed by atoms with van der Waals surface area (Å²) in [5, 5.41) is 7.02. The maximum Gasteiger partial charge on any atom is 0.243 e. The number of hydrogen-bond donors (Lipinski definition) is 2. The third-order valence-corrected chi connectivity index (χ3v) is 4.33. The smallest absolute Gasteiger partial charge is 0.243 e. The van der Waals surface area contributed by atoms with Crippen molar-refractivity contribution in [3.8, 4) is 0 Å². The summed E-state index contributed by atoms with van der Waals surface area (Å²) in [6, 6.07) is 0. The van der Waals surface area contributed by atoms with Gasteiger partial charge in [-0.25, -0.2) is 13.1 Å². The topological polar surface area (TPSA) is 85.2 Å². The Labute approximate surface area is 127 Å². The number of aromatic nitrogens is 2. The van der Waals surface area contributed by atoms with E-state index in [1.54, 1.807) is 4.68 Å². The van der Waals surface area contributed by atoms with Crippen molar-refractivity contribution in [2.75, 3.05) is 33.4 Å². The van der Waals surface area contributed by atoms with Crippen LogP contribution in [0.1, 0.15) is 26.2 Å². The summed E-state index contributed by atoms with van der Waals surface area (Å²) >= 11 is 0. The predicted molar refractivity (Wildman–Crippen MR) is 81.7 cm³/mol. The first-order valence-corrected chi connectivity index (χ1v) is 8.83. The summed E-state index contributed by atoms with van der Waals surface area (Å²) in [4.78, 5) is 0.200. The van der Waals surface area contributed by atoms with Crippen molar-refractivity contribution in [2.45, 2.75) is 37.6 Å². The molecule has 122 valence electrons. The second kappa shape index (κ2) is 9.88. The van der Waals surface area contributed by atoms with E-state index in [1.807, 2.05) is 7.05 Å². The molecule has 0 saturated carbocycles. The minimum Gasteiger partial charge on any atom is -0.381 e. The van der Waals surface area contributed by atoms with Gasteiger partial charge in [-0.2, -0.15) is 5.10 Å². The van der Waals surface area contributed by atoms with Crippen LogP contribution in [0.15, 0.2) is 17.3 Å². The van der Waals surface area contributed by atoms with E-state index in [0.29, 0.717) is 26.1 Å². The van der Waals surface area contributed by atoms with Crippen LogP contribution >= 0.6 is 0 Å². The van der Waals surface area contributed by atoms with E-state index in [-0.39, 0.29) is 4.90 Å². The third-order valence-electron chi connectivity index (χ3n) is 2.91. The molecule has 0 fully saturated rings. The number of ether oxygens (including phenoxy) is 1. The second-order valence-electron chi connectivity index (χ2n) is 4.76. The summed E-state index contributed by atoms with van der Waals surface area (Å²) in [7, 11) is -1.63. The number of rotatable bonds is 12. The maximum atomic E-state index is 12.0. The lowest BCUT2D eigenvalue weighted by Gasteiger charge is -2.05. The molecule has 0 aliphatic rings. The quantitative estimate of drug-likeness (QED) is 0.551. The monoisotopic (exact) mass is 318 g/mol. The van der Waals surface area contributed by atoms with Gasteiger partial charge < -0.3 is 10.1 Å². The molecule has 1 heterocycles. The minimum atomic E-state index is -3.47. The number of sulfonamides is 1. The zero-order valence-electron chi connectivity index (χ0n) is 12.8. The van der Waals surface area contributed by atoms with E-state index in [1.165, 1.54) is 12.4 Å². The van der Waals surface area contributed by atoms with Crippen LogP contribution in [-0.2, 0) is 21.3 Å². The molecule has 0 aliphatic carbocycles. The van der Waals surface area contributed by atoms with Gasteiger partial charge in [-0.05, 0) is 19.9 Å². The van der Waals surface area contributed by atoms with E-state index >= 15 is 0 Å². The highest BCUT2D eigenvalue weighted by atomic mass is 32.2. The Hall–Kier alpha value is -0.960. The van der Waals surface area contributed by atoms with Crippen LogP contribution in [0.25, 0.3) is 0 Å². The van der Waals surface area contributed by atoms with Gasteiger partial charge in [0.25, 0.3) is 0 Å². The van der Waals surface area contributed by atoms with Gasteiger partial charge in [-0.15, -0.1) is 0 Å². The van der Waals surface area contributed by atoms with E-state index in [4.69, 9.17) is 4.74 Å². The molecule has 1 rings (SSSR count). The molecule has 0 amide bonds. The van der Waals surface area contributed by atoms with Gasteiger partial charge in [0.05, 0.1) is 12.7 Å². The van der Waals surface area contributed by atoms with E-state index in [0.717, 1.165) is 26.0 Å².